The van der Waals surface area contributed by atoms with Crippen LogP contribution >= 0.6 is 0 Å². The summed E-state index contributed by atoms with van der Waals surface area (Å²) in [4.78, 5) is 21.8. The molecular weight excluding hydrogens is 238 g/mol. The third-order valence-electron chi connectivity index (χ3n) is 2.32. The molecule has 0 aliphatic carbocycles. The van der Waals surface area contributed by atoms with Gasteiger partial charge in [-0.05, 0) is 12.1 Å². The van der Waals surface area contributed by atoms with Gasteiger partial charge in [-0.2, -0.15) is 5.10 Å². The van der Waals surface area contributed by atoms with Crippen LogP contribution in [0.3, 0.4) is 0 Å². The summed E-state index contributed by atoms with van der Waals surface area (Å²) in [6.45, 7) is 0. The minimum atomic E-state index is -1.23. The van der Waals surface area contributed by atoms with Crippen LogP contribution in [0, 0.1) is 0 Å². The summed E-state index contributed by atoms with van der Waals surface area (Å²) in [5, 5.41) is 21.6. The van der Waals surface area contributed by atoms with E-state index in [1.54, 1.807) is 12.1 Å². The number of nitrogens with two attached hydrogens (primary N) is 1. The fraction of sp³-hybridized carbons (Fsp3) is 0. The second kappa shape index (κ2) is 4.21. The number of benzene rings is 1. The molecule has 0 bridgehead atoms. The molecule has 2 rings (SSSR count). The van der Waals surface area contributed by atoms with Crippen LogP contribution in [-0.4, -0.2) is 31.9 Å². The smallest absolute Gasteiger partial charge is 0.356 e. The van der Waals surface area contributed by atoms with Gasteiger partial charge in [0.05, 0.1) is 11.3 Å². The van der Waals surface area contributed by atoms with Crippen molar-refractivity contribution in [3.05, 3.63) is 41.6 Å². The van der Waals surface area contributed by atoms with Gasteiger partial charge in [0.25, 0.3) is 0 Å². The Morgan fingerprint density at radius 3 is 2.39 bits per heavy atom. The third kappa shape index (κ3) is 1.88. The quantitative estimate of drug-likeness (QED) is 0.739. The summed E-state index contributed by atoms with van der Waals surface area (Å²) in [6, 6.07) is 7.23. The Morgan fingerprint density at radius 1 is 1.17 bits per heavy atom. The van der Waals surface area contributed by atoms with Gasteiger partial charge in [0, 0.05) is 6.07 Å². The Hall–Kier alpha value is -2.83. The summed E-state index contributed by atoms with van der Waals surface area (Å²) in [7, 11) is 0. The minimum absolute atomic E-state index is 0.00996. The van der Waals surface area contributed by atoms with Gasteiger partial charge in [0.2, 0.25) is 0 Å². The third-order valence-corrected chi connectivity index (χ3v) is 2.32. The first kappa shape index (κ1) is 11.6. The monoisotopic (exact) mass is 247 g/mol. The molecule has 1 aromatic carbocycles. The van der Waals surface area contributed by atoms with E-state index in [0.29, 0.717) is 0 Å². The van der Waals surface area contributed by atoms with Gasteiger partial charge in [-0.3, -0.25) is 0 Å². The predicted octanol–water partition coefficient (Wildman–Crippen LogP) is 0.851. The molecule has 92 valence electrons. The number of para-hydroxylation sites is 1. The Morgan fingerprint density at radius 2 is 1.83 bits per heavy atom. The van der Waals surface area contributed by atoms with E-state index < -0.39 is 11.9 Å². The second-order valence-corrected chi connectivity index (χ2v) is 3.49. The molecule has 0 fully saturated rings. The van der Waals surface area contributed by atoms with Crippen LogP contribution in [-0.2, 0) is 0 Å². The van der Waals surface area contributed by atoms with E-state index in [1.807, 2.05) is 0 Å². The molecule has 0 spiro atoms. The van der Waals surface area contributed by atoms with E-state index >= 15 is 0 Å². The number of nitrogen functional groups attached to an aromatic ring is 1. The number of anilines is 1. The van der Waals surface area contributed by atoms with Crippen molar-refractivity contribution in [1.29, 1.82) is 0 Å². The highest BCUT2D eigenvalue weighted by atomic mass is 16.4. The molecule has 0 amide bonds. The number of carbonyl (C=O) groups is 2. The number of carboxylic acids is 2. The van der Waals surface area contributed by atoms with E-state index in [9.17, 15) is 9.59 Å². The van der Waals surface area contributed by atoms with E-state index in [2.05, 4.69) is 5.10 Å². The van der Waals surface area contributed by atoms with E-state index in [-0.39, 0.29) is 22.8 Å². The van der Waals surface area contributed by atoms with Crippen LogP contribution in [0.4, 0.5) is 5.82 Å². The van der Waals surface area contributed by atoms with Gasteiger partial charge in [-0.25, -0.2) is 14.3 Å². The highest BCUT2D eigenvalue weighted by molar-refractivity contribution is 5.92. The molecule has 0 aliphatic rings. The molecule has 0 unspecified atom stereocenters. The average Bonchev–Trinajstić information content (AvgIpc) is 2.71. The van der Waals surface area contributed by atoms with Crippen molar-refractivity contribution < 1.29 is 19.8 Å². The molecule has 0 radical (unpaired) electrons. The van der Waals surface area contributed by atoms with Crippen LogP contribution < -0.4 is 5.73 Å². The van der Waals surface area contributed by atoms with Gasteiger partial charge < -0.3 is 15.9 Å². The summed E-state index contributed by atoms with van der Waals surface area (Å²) >= 11 is 0. The largest absolute Gasteiger partial charge is 0.478 e. The summed E-state index contributed by atoms with van der Waals surface area (Å²) in [5.41, 5.74) is 5.59. The number of aromatic nitrogens is 2. The van der Waals surface area contributed by atoms with Crippen molar-refractivity contribution in [2.24, 2.45) is 0 Å². The first-order valence-electron chi connectivity index (χ1n) is 4.92. The van der Waals surface area contributed by atoms with Gasteiger partial charge in [0.1, 0.15) is 5.82 Å². The molecule has 1 aromatic heterocycles. The molecule has 7 heteroatoms. The van der Waals surface area contributed by atoms with Crippen LogP contribution in [0.15, 0.2) is 30.3 Å². The minimum Gasteiger partial charge on any atom is -0.478 e. The SMILES string of the molecule is Nc1cc(C(=O)O)nn1-c1ccccc1C(=O)O. The van der Waals surface area contributed by atoms with Crippen molar-refractivity contribution >= 4 is 17.8 Å². The lowest BCUT2D eigenvalue weighted by Crippen LogP contribution is -2.09. The number of carboxylic acid groups (broad SMARTS) is 2. The fourth-order valence-electron chi connectivity index (χ4n) is 1.53. The first-order valence-corrected chi connectivity index (χ1v) is 4.92. The van der Waals surface area contributed by atoms with Gasteiger partial charge in [-0.15, -0.1) is 0 Å². The molecule has 4 N–H and O–H groups in total. The normalized spacial score (nSPS) is 10.2. The summed E-state index contributed by atoms with van der Waals surface area (Å²) in [5.74, 6) is -2.31. The molecule has 7 nitrogen and oxygen atoms in total. The molecule has 2 aromatic rings. The topological polar surface area (TPSA) is 118 Å². The van der Waals surface area contributed by atoms with Crippen molar-refractivity contribution in [2.75, 3.05) is 5.73 Å². The lowest BCUT2D eigenvalue weighted by atomic mass is 10.2. The number of aromatic carboxylic acids is 2. The van der Waals surface area contributed by atoms with Crippen LogP contribution in [0.5, 0.6) is 0 Å². The molecule has 0 atom stereocenters. The van der Waals surface area contributed by atoms with Crippen LogP contribution in [0.2, 0.25) is 0 Å². The Balaban J connectivity index is 2.62. The number of hydrogen-bond acceptors (Lipinski definition) is 4. The Kier molecular flexibility index (Phi) is 2.72. The fourth-order valence-corrected chi connectivity index (χ4v) is 1.53. The standard InChI is InChI=1S/C11H9N3O4/c12-9-5-7(11(17)18)13-14(9)8-4-2-1-3-6(8)10(15)16/h1-5H,12H2,(H,15,16)(H,17,18). The Bertz CT molecular complexity index is 633. The number of hydrogen-bond donors (Lipinski definition) is 3. The van der Waals surface area contributed by atoms with Crippen LogP contribution in [0.25, 0.3) is 5.69 Å². The zero-order chi connectivity index (χ0) is 13.3. The van der Waals surface area contributed by atoms with E-state index in [4.69, 9.17) is 15.9 Å². The molecule has 18 heavy (non-hydrogen) atoms. The zero-order valence-electron chi connectivity index (χ0n) is 9.07. The maximum Gasteiger partial charge on any atom is 0.356 e. The molecule has 1 heterocycles. The van der Waals surface area contributed by atoms with Crippen LogP contribution in [0.1, 0.15) is 20.8 Å². The van der Waals surface area contributed by atoms with Gasteiger partial charge in [-0.1, -0.05) is 12.1 Å². The van der Waals surface area contributed by atoms with Crippen molar-refractivity contribution in [3.8, 4) is 5.69 Å². The molecule has 0 saturated carbocycles. The van der Waals surface area contributed by atoms with Crippen molar-refractivity contribution in [3.63, 3.8) is 0 Å². The van der Waals surface area contributed by atoms with Gasteiger partial charge >= 0.3 is 11.9 Å². The molecular formula is C11H9N3O4. The highest BCUT2D eigenvalue weighted by Crippen LogP contribution is 2.18. The lowest BCUT2D eigenvalue weighted by molar-refractivity contribution is 0.0684. The van der Waals surface area contributed by atoms with E-state index in [1.165, 1.54) is 18.2 Å². The van der Waals surface area contributed by atoms with Crippen molar-refractivity contribution in [2.45, 2.75) is 0 Å². The number of nitrogens with zero attached hydrogens (tertiary/aromatic N) is 2. The first-order chi connectivity index (χ1) is 8.50. The maximum atomic E-state index is 11.0. The highest BCUT2D eigenvalue weighted by Gasteiger charge is 2.16. The molecule has 0 aliphatic heterocycles. The lowest BCUT2D eigenvalue weighted by Gasteiger charge is -2.07. The van der Waals surface area contributed by atoms with Gasteiger partial charge in [0.15, 0.2) is 5.69 Å². The zero-order valence-corrected chi connectivity index (χ0v) is 9.07. The maximum absolute atomic E-state index is 11.0. The summed E-state index contributed by atoms with van der Waals surface area (Å²) in [6.07, 6.45) is 0. The van der Waals surface area contributed by atoms with E-state index in [0.717, 1.165) is 4.68 Å². The summed E-state index contributed by atoms with van der Waals surface area (Å²) < 4.78 is 1.09. The second-order valence-electron chi connectivity index (χ2n) is 3.49. The number of rotatable bonds is 3. The average molecular weight is 247 g/mol. The predicted molar refractivity (Wildman–Crippen MR) is 61.9 cm³/mol. The molecule has 0 saturated heterocycles. The Labute approximate surface area is 101 Å². The van der Waals surface area contributed by atoms with Crippen molar-refractivity contribution in [1.82, 2.24) is 9.78 Å².